The van der Waals surface area contributed by atoms with Gasteiger partial charge in [-0.1, -0.05) is 23.2 Å². The van der Waals surface area contributed by atoms with Crippen molar-refractivity contribution in [3.63, 3.8) is 0 Å². The number of nitrogens with zero attached hydrogens (tertiary/aromatic N) is 2. The highest BCUT2D eigenvalue weighted by molar-refractivity contribution is 6.35. The fourth-order valence-corrected chi connectivity index (χ4v) is 2.79. The standard InChI is InChI=1S/C15H18Cl2FN3/c1-9(2)21-5-4-10(20-21)8-15(3,19)11-6-14(18)13(17)7-12(11)16/h4-7,9H,8,19H2,1-3H3. The molecular formula is C15H18Cl2FN3. The lowest BCUT2D eigenvalue weighted by atomic mass is 9.88. The number of benzene rings is 1. The van der Waals surface area contributed by atoms with Crippen LogP contribution in [0.25, 0.3) is 0 Å². The Labute approximate surface area is 133 Å². The summed E-state index contributed by atoms with van der Waals surface area (Å²) in [5, 5.41) is 4.81. The summed E-state index contributed by atoms with van der Waals surface area (Å²) in [7, 11) is 0. The SMILES string of the molecule is CC(C)n1ccc(CC(C)(N)c2cc(F)c(Cl)cc2Cl)n1. The Balaban J connectivity index is 2.31. The first kappa shape index (κ1) is 16.3. The van der Waals surface area contributed by atoms with Gasteiger partial charge in [-0.2, -0.15) is 5.10 Å². The summed E-state index contributed by atoms with van der Waals surface area (Å²) in [4.78, 5) is 0. The van der Waals surface area contributed by atoms with Crippen LogP contribution in [-0.4, -0.2) is 9.78 Å². The third-order valence-corrected chi connectivity index (χ3v) is 3.97. The Morgan fingerprint density at radius 3 is 2.57 bits per heavy atom. The molecule has 0 aliphatic carbocycles. The minimum Gasteiger partial charge on any atom is -0.321 e. The van der Waals surface area contributed by atoms with E-state index in [1.165, 1.54) is 12.1 Å². The third kappa shape index (κ3) is 3.57. The molecule has 6 heteroatoms. The normalized spacial score (nSPS) is 14.5. The Kier molecular flexibility index (Phi) is 4.61. The smallest absolute Gasteiger partial charge is 0.142 e. The van der Waals surface area contributed by atoms with E-state index < -0.39 is 11.4 Å². The maximum absolute atomic E-state index is 13.7. The van der Waals surface area contributed by atoms with Gasteiger partial charge in [-0.25, -0.2) is 4.39 Å². The van der Waals surface area contributed by atoms with Crippen LogP contribution < -0.4 is 5.73 Å². The Bertz CT molecular complexity index is 650. The van der Waals surface area contributed by atoms with E-state index in [1.54, 1.807) is 6.92 Å². The fraction of sp³-hybridized carbons (Fsp3) is 0.400. The van der Waals surface area contributed by atoms with Gasteiger partial charge in [-0.3, -0.25) is 4.68 Å². The summed E-state index contributed by atoms with van der Waals surface area (Å²) in [6.07, 6.45) is 2.35. The zero-order valence-corrected chi connectivity index (χ0v) is 13.7. The van der Waals surface area contributed by atoms with E-state index in [4.69, 9.17) is 28.9 Å². The first-order valence-corrected chi connectivity index (χ1v) is 7.44. The minimum absolute atomic E-state index is 0.0105. The van der Waals surface area contributed by atoms with Gasteiger partial charge in [0, 0.05) is 29.2 Å². The van der Waals surface area contributed by atoms with Crippen molar-refractivity contribution >= 4 is 23.2 Å². The molecule has 114 valence electrons. The number of halogens is 3. The molecule has 0 saturated heterocycles. The molecule has 0 bridgehead atoms. The molecule has 2 rings (SSSR count). The van der Waals surface area contributed by atoms with Gasteiger partial charge >= 0.3 is 0 Å². The molecular weight excluding hydrogens is 312 g/mol. The van der Waals surface area contributed by atoms with Gasteiger partial charge in [-0.05, 0) is 44.5 Å². The van der Waals surface area contributed by atoms with Crippen LogP contribution in [0, 0.1) is 5.82 Å². The zero-order valence-electron chi connectivity index (χ0n) is 12.2. The van der Waals surface area contributed by atoms with E-state index in [2.05, 4.69) is 5.10 Å². The molecule has 1 heterocycles. The number of rotatable bonds is 4. The molecule has 2 aromatic rings. The quantitative estimate of drug-likeness (QED) is 0.848. The van der Waals surface area contributed by atoms with Gasteiger partial charge in [0.05, 0.1) is 10.7 Å². The van der Waals surface area contributed by atoms with Gasteiger partial charge < -0.3 is 5.73 Å². The molecule has 21 heavy (non-hydrogen) atoms. The molecule has 1 aromatic heterocycles. The topological polar surface area (TPSA) is 43.8 Å². The summed E-state index contributed by atoms with van der Waals surface area (Å²) >= 11 is 11.9. The second kappa shape index (κ2) is 5.95. The van der Waals surface area contributed by atoms with Crippen molar-refractivity contribution in [3.05, 3.63) is 51.5 Å². The van der Waals surface area contributed by atoms with Crippen LogP contribution in [0.3, 0.4) is 0 Å². The van der Waals surface area contributed by atoms with Gasteiger partial charge in [0.15, 0.2) is 0 Å². The monoisotopic (exact) mass is 329 g/mol. The summed E-state index contributed by atoms with van der Waals surface area (Å²) in [6.45, 7) is 5.89. The van der Waals surface area contributed by atoms with Crippen LogP contribution in [-0.2, 0) is 12.0 Å². The highest BCUT2D eigenvalue weighted by atomic mass is 35.5. The summed E-state index contributed by atoms with van der Waals surface area (Å²) in [6, 6.07) is 4.86. The molecule has 1 aromatic carbocycles. The Hall–Kier alpha value is -1.10. The molecule has 2 N–H and O–H groups in total. The predicted octanol–water partition coefficient (Wildman–Crippen LogP) is 4.33. The van der Waals surface area contributed by atoms with E-state index in [-0.39, 0.29) is 11.1 Å². The predicted molar refractivity (Wildman–Crippen MR) is 84.3 cm³/mol. The molecule has 0 radical (unpaired) electrons. The van der Waals surface area contributed by atoms with Crippen molar-refractivity contribution in [2.75, 3.05) is 0 Å². The lowest BCUT2D eigenvalue weighted by molar-refractivity contribution is 0.466. The molecule has 0 amide bonds. The molecule has 3 nitrogen and oxygen atoms in total. The Morgan fingerprint density at radius 1 is 1.33 bits per heavy atom. The van der Waals surface area contributed by atoms with E-state index in [1.807, 2.05) is 30.8 Å². The number of nitrogens with two attached hydrogens (primary N) is 1. The summed E-state index contributed by atoms with van der Waals surface area (Å²) in [5.41, 5.74) is 6.85. The number of hydrogen-bond acceptors (Lipinski definition) is 2. The molecule has 1 atom stereocenters. The van der Waals surface area contributed by atoms with E-state index in [0.29, 0.717) is 17.0 Å². The van der Waals surface area contributed by atoms with Crippen LogP contribution in [0.5, 0.6) is 0 Å². The van der Waals surface area contributed by atoms with Crippen molar-refractivity contribution in [1.82, 2.24) is 9.78 Å². The third-order valence-electron chi connectivity index (χ3n) is 3.37. The van der Waals surface area contributed by atoms with Crippen LogP contribution in [0.2, 0.25) is 10.0 Å². The second-order valence-corrected chi connectivity index (χ2v) is 6.54. The van der Waals surface area contributed by atoms with Crippen LogP contribution >= 0.6 is 23.2 Å². The zero-order chi connectivity index (χ0) is 15.8. The lowest BCUT2D eigenvalue weighted by Gasteiger charge is -2.25. The van der Waals surface area contributed by atoms with Crippen LogP contribution in [0.4, 0.5) is 4.39 Å². The summed E-state index contributed by atoms with van der Waals surface area (Å²) in [5.74, 6) is -0.527. The highest BCUT2D eigenvalue weighted by Crippen LogP contribution is 2.32. The second-order valence-electron chi connectivity index (χ2n) is 5.72. The van der Waals surface area contributed by atoms with Crippen molar-refractivity contribution in [1.29, 1.82) is 0 Å². The Morgan fingerprint density at radius 2 is 2.00 bits per heavy atom. The van der Waals surface area contributed by atoms with E-state index in [0.717, 1.165) is 5.69 Å². The van der Waals surface area contributed by atoms with Gasteiger partial charge in [-0.15, -0.1) is 0 Å². The van der Waals surface area contributed by atoms with Crippen molar-refractivity contribution < 1.29 is 4.39 Å². The minimum atomic E-state index is -0.835. The van der Waals surface area contributed by atoms with Crippen molar-refractivity contribution in [2.24, 2.45) is 5.73 Å². The van der Waals surface area contributed by atoms with Crippen LogP contribution in [0.15, 0.2) is 24.4 Å². The van der Waals surface area contributed by atoms with Crippen molar-refractivity contribution in [2.45, 2.75) is 38.8 Å². The summed E-state index contributed by atoms with van der Waals surface area (Å²) < 4.78 is 15.5. The number of hydrogen-bond donors (Lipinski definition) is 1. The average molecular weight is 330 g/mol. The van der Waals surface area contributed by atoms with Gasteiger partial charge in [0.1, 0.15) is 5.82 Å². The molecule has 0 spiro atoms. The molecule has 0 aliphatic heterocycles. The molecule has 0 fully saturated rings. The maximum Gasteiger partial charge on any atom is 0.142 e. The van der Waals surface area contributed by atoms with Crippen LogP contribution in [0.1, 0.15) is 38.1 Å². The van der Waals surface area contributed by atoms with E-state index in [9.17, 15) is 4.39 Å². The average Bonchev–Trinajstić information content (AvgIpc) is 2.81. The van der Waals surface area contributed by atoms with Gasteiger partial charge in [0.2, 0.25) is 0 Å². The maximum atomic E-state index is 13.7. The highest BCUT2D eigenvalue weighted by Gasteiger charge is 2.27. The lowest BCUT2D eigenvalue weighted by Crippen LogP contribution is -2.36. The van der Waals surface area contributed by atoms with E-state index >= 15 is 0 Å². The van der Waals surface area contributed by atoms with Gasteiger partial charge in [0.25, 0.3) is 0 Å². The number of aromatic nitrogens is 2. The first-order chi connectivity index (χ1) is 9.70. The largest absolute Gasteiger partial charge is 0.321 e. The van der Waals surface area contributed by atoms with Crippen molar-refractivity contribution in [3.8, 4) is 0 Å². The molecule has 0 aliphatic rings. The molecule has 1 unspecified atom stereocenters. The molecule has 0 saturated carbocycles. The first-order valence-electron chi connectivity index (χ1n) is 6.68. The fourth-order valence-electron chi connectivity index (χ4n) is 2.19.